The molecule has 0 aliphatic heterocycles. The van der Waals surface area contributed by atoms with Gasteiger partial charge in [-0.25, -0.2) is 4.39 Å². The van der Waals surface area contributed by atoms with E-state index in [0.717, 1.165) is 17.7 Å². The van der Waals surface area contributed by atoms with Crippen LogP contribution >= 0.6 is 0 Å². The summed E-state index contributed by atoms with van der Waals surface area (Å²) in [4.78, 5) is 0. The number of ether oxygens (including phenoxy) is 2. The third kappa shape index (κ3) is 3.84. The van der Waals surface area contributed by atoms with Crippen LogP contribution in [-0.2, 0) is 6.42 Å². The van der Waals surface area contributed by atoms with Crippen LogP contribution < -0.4 is 15.2 Å². The SMILES string of the molecule is NCCc1c(OCCOc2ccc(F)cc2)ccc2ccccc12. The van der Waals surface area contributed by atoms with Crippen molar-refractivity contribution in [2.24, 2.45) is 5.73 Å². The Morgan fingerprint density at radius 3 is 2.38 bits per heavy atom. The minimum absolute atomic E-state index is 0.277. The van der Waals surface area contributed by atoms with Crippen LogP contribution in [0.3, 0.4) is 0 Å². The lowest BCUT2D eigenvalue weighted by Crippen LogP contribution is -2.11. The largest absolute Gasteiger partial charge is 0.490 e. The van der Waals surface area contributed by atoms with E-state index in [1.165, 1.54) is 22.9 Å². The fourth-order valence-electron chi connectivity index (χ4n) is 2.70. The molecule has 0 saturated heterocycles. The predicted octanol–water partition coefficient (Wildman–Crippen LogP) is 3.94. The van der Waals surface area contributed by atoms with Crippen LogP contribution in [-0.4, -0.2) is 19.8 Å². The van der Waals surface area contributed by atoms with Crippen LogP contribution in [0.25, 0.3) is 10.8 Å². The fourth-order valence-corrected chi connectivity index (χ4v) is 2.70. The zero-order valence-corrected chi connectivity index (χ0v) is 13.4. The molecule has 3 aromatic rings. The third-order valence-electron chi connectivity index (χ3n) is 3.82. The molecule has 0 amide bonds. The van der Waals surface area contributed by atoms with Crippen molar-refractivity contribution in [3.63, 3.8) is 0 Å². The summed E-state index contributed by atoms with van der Waals surface area (Å²) in [6.07, 6.45) is 0.759. The second kappa shape index (κ2) is 7.79. The standard InChI is InChI=1S/C20H20FNO2/c21-16-6-8-17(9-7-16)23-13-14-24-20-10-5-15-3-1-2-4-18(15)19(20)11-12-22/h1-10H,11-14,22H2. The maximum absolute atomic E-state index is 12.9. The molecule has 2 N–H and O–H groups in total. The molecule has 3 nitrogen and oxygen atoms in total. The first-order valence-corrected chi connectivity index (χ1v) is 8.00. The molecule has 124 valence electrons. The van der Waals surface area contributed by atoms with Gasteiger partial charge in [0.05, 0.1) is 0 Å². The summed E-state index contributed by atoms with van der Waals surface area (Å²) < 4.78 is 24.3. The highest BCUT2D eigenvalue weighted by Crippen LogP contribution is 2.28. The van der Waals surface area contributed by atoms with Crippen molar-refractivity contribution in [1.82, 2.24) is 0 Å². The highest BCUT2D eigenvalue weighted by molar-refractivity contribution is 5.87. The molecule has 0 fully saturated rings. The summed E-state index contributed by atoms with van der Waals surface area (Å²) >= 11 is 0. The number of hydrogen-bond acceptors (Lipinski definition) is 3. The van der Waals surface area contributed by atoms with E-state index in [1.54, 1.807) is 12.1 Å². The number of rotatable bonds is 7. The van der Waals surface area contributed by atoms with E-state index >= 15 is 0 Å². The molecular weight excluding hydrogens is 305 g/mol. The summed E-state index contributed by atoms with van der Waals surface area (Å²) in [5.41, 5.74) is 6.88. The second-order valence-corrected chi connectivity index (χ2v) is 5.45. The summed E-state index contributed by atoms with van der Waals surface area (Å²) in [7, 11) is 0. The highest BCUT2D eigenvalue weighted by Gasteiger charge is 2.08. The van der Waals surface area contributed by atoms with Gasteiger partial charge in [0.2, 0.25) is 0 Å². The number of hydrogen-bond donors (Lipinski definition) is 1. The van der Waals surface area contributed by atoms with Crippen molar-refractivity contribution in [3.8, 4) is 11.5 Å². The average molecular weight is 325 g/mol. The maximum Gasteiger partial charge on any atom is 0.123 e. The van der Waals surface area contributed by atoms with Crippen molar-refractivity contribution < 1.29 is 13.9 Å². The van der Waals surface area contributed by atoms with Gasteiger partial charge in [0.15, 0.2) is 0 Å². The predicted molar refractivity (Wildman–Crippen MR) is 94.1 cm³/mol. The van der Waals surface area contributed by atoms with E-state index in [0.29, 0.717) is 25.5 Å². The summed E-state index contributed by atoms with van der Waals surface area (Å²) in [5.74, 6) is 1.18. The number of nitrogens with two attached hydrogens (primary N) is 1. The summed E-state index contributed by atoms with van der Waals surface area (Å²) in [6, 6.07) is 18.2. The zero-order valence-electron chi connectivity index (χ0n) is 13.4. The zero-order chi connectivity index (χ0) is 16.8. The third-order valence-corrected chi connectivity index (χ3v) is 3.82. The number of benzene rings is 3. The quantitative estimate of drug-likeness (QED) is 0.669. The first-order valence-electron chi connectivity index (χ1n) is 8.00. The Kier molecular flexibility index (Phi) is 5.29. The molecule has 0 spiro atoms. The van der Waals surface area contributed by atoms with Crippen molar-refractivity contribution in [1.29, 1.82) is 0 Å². The van der Waals surface area contributed by atoms with Crippen LogP contribution in [0.4, 0.5) is 4.39 Å². The fraction of sp³-hybridized carbons (Fsp3) is 0.200. The Hall–Kier alpha value is -2.59. The van der Waals surface area contributed by atoms with Gasteiger partial charge in [0.25, 0.3) is 0 Å². The van der Waals surface area contributed by atoms with Gasteiger partial charge in [0, 0.05) is 5.56 Å². The van der Waals surface area contributed by atoms with Gasteiger partial charge in [-0.15, -0.1) is 0 Å². The van der Waals surface area contributed by atoms with Crippen molar-refractivity contribution >= 4 is 10.8 Å². The molecule has 0 saturated carbocycles. The van der Waals surface area contributed by atoms with E-state index in [1.807, 2.05) is 24.3 Å². The lowest BCUT2D eigenvalue weighted by atomic mass is 10.0. The van der Waals surface area contributed by atoms with Crippen LogP contribution in [0.15, 0.2) is 60.7 Å². The second-order valence-electron chi connectivity index (χ2n) is 5.45. The van der Waals surface area contributed by atoms with Gasteiger partial charge in [0.1, 0.15) is 30.5 Å². The number of fused-ring (bicyclic) bond motifs is 1. The molecule has 3 aromatic carbocycles. The molecule has 0 atom stereocenters. The van der Waals surface area contributed by atoms with Gasteiger partial charge in [-0.05, 0) is 54.1 Å². The minimum Gasteiger partial charge on any atom is -0.490 e. The lowest BCUT2D eigenvalue weighted by molar-refractivity contribution is 0.216. The maximum atomic E-state index is 12.9. The van der Waals surface area contributed by atoms with Crippen LogP contribution in [0, 0.1) is 5.82 Å². The van der Waals surface area contributed by atoms with Crippen molar-refractivity contribution in [3.05, 3.63) is 72.0 Å². The van der Waals surface area contributed by atoms with Crippen LogP contribution in [0.2, 0.25) is 0 Å². The van der Waals surface area contributed by atoms with E-state index in [4.69, 9.17) is 15.2 Å². The minimum atomic E-state index is -0.277. The van der Waals surface area contributed by atoms with Gasteiger partial charge < -0.3 is 15.2 Å². The Bertz CT molecular complexity index is 802. The molecule has 4 heteroatoms. The van der Waals surface area contributed by atoms with E-state index in [9.17, 15) is 4.39 Å². The van der Waals surface area contributed by atoms with E-state index in [-0.39, 0.29) is 5.82 Å². The molecule has 0 bridgehead atoms. The summed E-state index contributed by atoms with van der Waals surface area (Å²) in [5, 5.41) is 2.34. The molecule has 0 heterocycles. The highest BCUT2D eigenvalue weighted by atomic mass is 19.1. The Morgan fingerprint density at radius 2 is 1.58 bits per heavy atom. The molecule has 3 rings (SSSR count). The first kappa shape index (κ1) is 16.3. The molecule has 0 aliphatic carbocycles. The van der Waals surface area contributed by atoms with Gasteiger partial charge >= 0.3 is 0 Å². The van der Waals surface area contributed by atoms with E-state index < -0.39 is 0 Å². The van der Waals surface area contributed by atoms with Crippen LogP contribution in [0.5, 0.6) is 11.5 Å². The average Bonchev–Trinajstić information content (AvgIpc) is 2.62. The van der Waals surface area contributed by atoms with Crippen LogP contribution in [0.1, 0.15) is 5.56 Å². The van der Waals surface area contributed by atoms with Gasteiger partial charge in [-0.1, -0.05) is 30.3 Å². The lowest BCUT2D eigenvalue weighted by Gasteiger charge is -2.14. The van der Waals surface area contributed by atoms with Crippen molar-refractivity contribution in [2.75, 3.05) is 19.8 Å². The van der Waals surface area contributed by atoms with Crippen molar-refractivity contribution in [2.45, 2.75) is 6.42 Å². The monoisotopic (exact) mass is 325 g/mol. The van der Waals surface area contributed by atoms with Gasteiger partial charge in [-0.3, -0.25) is 0 Å². The molecule has 24 heavy (non-hydrogen) atoms. The van der Waals surface area contributed by atoms with E-state index in [2.05, 4.69) is 12.1 Å². The Labute approximate surface area is 140 Å². The Morgan fingerprint density at radius 1 is 0.833 bits per heavy atom. The topological polar surface area (TPSA) is 44.5 Å². The normalized spacial score (nSPS) is 10.8. The molecule has 0 aromatic heterocycles. The first-order chi connectivity index (χ1) is 11.8. The molecular formula is C20H20FNO2. The summed E-state index contributed by atoms with van der Waals surface area (Å²) in [6.45, 7) is 1.37. The number of halogens is 1. The Balaban J connectivity index is 1.66. The smallest absolute Gasteiger partial charge is 0.123 e. The molecule has 0 unspecified atom stereocenters. The molecule has 0 aliphatic rings. The molecule has 0 radical (unpaired) electrons. The van der Waals surface area contributed by atoms with Gasteiger partial charge in [-0.2, -0.15) is 0 Å².